The molecule has 0 atom stereocenters. The molecule has 5 nitrogen and oxygen atoms in total. The van der Waals surface area contributed by atoms with Gasteiger partial charge in [-0.25, -0.2) is 0 Å². The van der Waals surface area contributed by atoms with Gasteiger partial charge in [0, 0.05) is 31.3 Å². The first kappa shape index (κ1) is 17.2. The molecule has 5 heteroatoms. The van der Waals surface area contributed by atoms with Crippen LogP contribution in [0.4, 0.5) is 0 Å². The Labute approximate surface area is 164 Å². The molecule has 0 radical (unpaired) electrons. The molecular formula is C23H23N3O2. The minimum absolute atomic E-state index is 0.0684. The Morgan fingerprint density at radius 1 is 0.964 bits per heavy atom. The van der Waals surface area contributed by atoms with Gasteiger partial charge in [0.1, 0.15) is 0 Å². The van der Waals surface area contributed by atoms with E-state index in [1.54, 1.807) is 0 Å². The van der Waals surface area contributed by atoms with Crippen molar-refractivity contribution in [1.82, 2.24) is 15.0 Å². The largest absolute Gasteiger partial charge is 0.341 e. The number of hydrogen-bond acceptors (Lipinski definition) is 4. The van der Waals surface area contributed by atoms with E-state index in [4.69, 9.17) is 4.52 Å². The minimum atomic E-state index is 0.0684. The van der Waals surface area contributed by atoms with E-state index in [0.717, 1.165) is 18.7 Å². The van der Waals surface area contributed by atoms with E-state index >= 15 is 0 Å². The Morgan fingerprint density at radius 2 is 1.57 bits per heavy atom. The predicted molar refractivity (Wildman–Crippen MR) is 105 cm³/mol. The lowest BCUT2D eigenvalue weighted by Gasteiger charge is -2.38. The second-order valence-corrected chi connectivity index (χ2v) is 7.84. The van der Waals surface area contributed by atoms with E-state index in [0.29, 0.717) is 31.3 Å². The van der Waals surface area contributed by atoms with Crippen LogP contribution in [0.3, 0.4) is 0 Å². The first-order valence-corrected chi connectivity index (χ1v) is 9.99. The van der Waals surface area contributed by atoms with Crippen LogP contribution in [0.15, 0.2) is 65.2 Å². The van der Waals surface area contributed by atoms with Crippen molar-refractivity contribution in [2.24, 2.45) is 0 Å². The lowest BCUT2D eigenvalue weighted by atomic mass is 9.87. The van der Waals surface area contributed by atoms with Crippen LogP contribution >= 0.6 is 0 Å². The predicted octanol–water partition coefficient (Wildman–Crippen LogP) is 4.10. The van der Waals surface area contributed by atoms with Gasteiger partial charge in [-0.1, -0.05) is 65.8 Å². The SMILES string of the molecule is O=C(CC(c1ccccc1)c1ccccc1)N1CC(c2nc(C3CC3)no2)C1. The quantitative estimate of drug-likeness (QED) is 0.653. The maximum atomic E-state index is 12.9. The molecule has 1 aromatic heterocycles. The van der Waals surface area contributed by atoms with Gasteiger partial charge in [0.15, 0.2) is 5.82 Å². The highest BCUT2D eigenvalue weighted by Gasteiger charge is 2.38. The van der Waals surface area contributed by atoms with Gasteiger partial charge in [-0.2, -0.15) is 4.98 Å². The average Bonchev–Trinajstić information content (AvgIpc) is 3.45. The maximum Gasteiger partial charge on any atom is 0.233 e. The Balaban J connectivity index is 1.25. The summed E-state index contributed by atoms with van der Waals surface area (Å²) in [5, 5.41) is 4.09. The highest BCUT2D eigenvalue weighted by molar-refractivity contribution is 5.78. The van der Waals surface area contributed by atoms with E-state index in [2.05, 4.69) is 34.4 Å². The highest BCUT2D eigenvalue weighted by Crippen LogP contribution is 2.39. The molecule has 1 aliphatic heterocycles. The number of amides is 1. The Kier molecular flexibility index (Phi) is 4.43. The number of rotatable bonds is 6. The van der Waals surface area contributed by atoms with Crippen molar-refractivity contribution >= 4 is 5.91 Å². The Bertz CT molecular complexity index is 905. The van der Waals surface area contributed by atoms with Gasteiger partial charge in [-0.3, -0.25) is 4.79 Å². The van der Waals surface area contributed by atoms with Gasteiger partial charge in [0.25, 0.3) is 0 Å². The molecule has 2 heterocycles. The zero-order valence-corrected chi connectivity index (χ0v) is 15.7. The smallest absolute Gasteiger partial charge is 0.233 e. The maximum absolute atomic E-state index is 12.9. The van der Waals surface area contributed by atoms with Gasteiger partial charge in [0.05, 0.1) is 5.92 Å². The molecule has 142 valence electrons. The van der Waals surface area contributed by atoms with Crippen molar-refractivity contribution in [2.75, 3.05) is 13.1 Å². The van der Waals surface area contributed by atoms with Crippen molar-refractivity contribution in [3.8, 4) is 0 Å². The van der Waals surface area contributed by atoms with Crippen LogP contribution < -0.4 is 0 Å². The highest BCUT2D eigenvalue weighted by atomic mass is 16.5. The fourth-order valence-electron chi connectivity index (χ4n) is 3.86. The van der Waals surface area contributed by atoms with E-state index in [9.17, 15) is 4.79 Å². The van der Waals surface area contributed by atoms with Crippen LogP contribution in [0.1, 0.15) is 59.9 Å². The zero-order valence-electron chi connectivity index (χ0n) is 15.7. The second kappa shape index (κ2) is 7.23. The first-order chi connectivity index (χ1) is 13.8. The molecule has 28 heavy (non-hydrogen) atoms. The molecule has 1 aliphatic carbocycles. The molecule has 1 amide bonds. The summed E-state index contributed by atoms with van der Waals surface area (Å²) in [6, 6.07) is 20.5. The van der Waals surface area contributed by atoms with Crippen molar-refractivity contribution < 1.29 is 9.32 Å². The molecule has 0 N–H and O–H groups in total. The summed E-state index contributed by atoms with van der Waals surface area (Å²) in [6.45, 7) is 1.34. The van der Waals surface area contributed by atoms with Crippen LogP contribution in [-0.2, 0) is 4.79 Å². The topological polar surface area (TPSA) is 59.2 Å². The third-order valence-corrected chi connectivity index (χ3v) is 5.77. The van der Waals surface area contributed by atoms with Crippen molar-refractivity contribution in [2.45, 2.75) is 37.0 Å². The molecule has 3 aromatic rings. The molecular weight excluding hydrogens is 350 g/mol. The molecule has 5 rings (SSSR count). The van der Waals surface area contributed by atoms with Gasteiger partial charge in [-0.15, -0.1) is 0 Å². The van der Waals surface area contributed by atoms with Crippen molar-refractivity contribution in [3.05, 3.63) is 83.5 Å². The standard InChI is InChI=1S/C23H23N3O2/c27-21(26-14-19(15-26)23-24-22(25-28-23)18-11-12-18)13-20(16-7-3-1-4-8-16)17-9-5-2-6-10-17/h1-10,18-20H,11-15H2. The molecule has 0 spiro atoms. The van der Waals surface area contributed by atoms with Gasteiger partial charge in [0.2, 0.25) is 11.8 Å². The van der Waals surface area contributed by atoms with Crippen molar-refractivity contribution in [1.29, 1.82) is 0 Å². The van der Waals surface area contributed by atoms with Crippen LogP contribution in [-0.4, -0.2) is 34.0 Å². The van der Waals surface area contributed by atoms with Gasteiger partial charge >= 0.3 is 0 Å². The monoisotopic (exact) mass is 373 g/mol. The number of aromatic nitrogens is 2. The lowest BCUT2D eigenvalue weighted by molar-refractivity contribution is -0.136. The van der Waals surface area contributed by atoms with Crippen LogP contribution in [0.2, 0.25) is 0 Å². The summed E-state index contributed by atoms with van der Waals surface area (Å²) in [6.07, 6.45) is 2.79. The number of likely N-dealkylation sites (tertiary alicyclic amines) is 1. The fourth-order valence-corrected chi connectivity index (χ4v) is 3.86. The van der Waals surface area contributed by atoms with E-state index in [1.165, 1.54) is 11.1 Å². The third-order valence-electron chi connectivity index (χ3n) is 5.77. The van der Waals surface area contributed by atoms with Gasteiger partial charge < -0.3 is 9.42 Å². The van der Waals surface area contributed by atoms with E-state index in [-0.39, 0.29) is 17.7 Å². The van der Waals surface area contributed by atoms with Crippen LogP contribution in [0, 0.1) is 0 Å². The number of carbonyl (C=O) groups excluding carboxylic acids is 1. The number of nitrogens with zero attached hydrogens (tertiary/aromatic N) is 3. The normalized spacial score (nSPS) is 17.0. The summed E-state index contributed by atoms with van der Waals surface area (Å²) in [5.74, 6) is 2.44. The molecule has 2 fully saturated rings. The molecule has 1 saturated carbocycles. The summed E-state index contributed by atoms with van der Waals surface area (Å²) in [5.41, 5.74) is 2.34. The fraction of sp³-hybridized carbons (Fsp3) is 0.348. The van der Waals surface area contributed by atoms with Crippen molar-refractivity contribution in [3.63, 3.8) is 0 Å². The third kappa shape index (κ3) is 3.44. The minimum Gasteiger partial charge on any atom is -0.341 e. The summed E-state index contributed by atoms with van der Waals surface area (Å²) in [4.78, 5) is 19.4. The second-order valence-electron chi connectivity index (χ2n) is 7.84. The van der Waals surface area contributed by atoms with Gasteiger partial charge in [-0.05, 0) is 24.0 Å². The van der Waals surface area contributed by atoms with Crippen LogP contribution in [0.25, 0.3) is 0 Å². The zero-order chi connectivity index (χ0) is 18.9. The summed E-state index contributed by atoms with van der Waals surface area (Å²) in [7, 11) is 0. The Morgan fingerprint density at radius 3 is 2.14 bits per heavy atom. The molecule has 2 aromatic carbocycles. The number of benzene rings is 2. The summed E-state index contributed by atoms with van der Waals surface area (Å²) >= 11 is 0. The average molecular weight is 373 g/mol. The molecule has 0 unspecified atom stereocenters. The molecule has 1 saturated heterocycles. The number of carbonyl (C=O) groups is 1. The summed E-state index contributed by atoms with van der Waals surface area (Å²) < 4.78 is 5.42. The molecule has 2 aliphatic rings. The molecule has 0 bridgehead atoms. The Hall–Kier alpha value is -2.95. The van der Waals surface area contributed by atoms with Crippen LogP contribution in [0.5, 0.6) is 0 Å². The van der Waals surface area contributed by atoms with E-state index < -0.39 is 0 Å². The van der Waals surface area contributed by atoms with E-state index in [1.807, 2.05) is 41.3 Å². The number of hydrogen-bond donors (Lipinski definition) is 0. The first-order valence-electron chi connectivity index (χ1n) is 9.99. The lowest BCUT2D eigenvalue weighted by Crippen LogP contribution is -2.49.